The molecule has 0 bridgehead atoms. The molecule has 1 heterocycles. The number of aryl methyl sites for hydroxylation is 1. The van der Waals surface area contributed by atoms with E-state index >= 15 is 0 Å². The molecular formula is C16H19F2N3O2S. The summed E-state index contributed by atoms with van der Waals surface area (Å²) in [5.74, 6) is -1.99. The van der Waals surface area contributed by atoms with Crippen molar-refractivity contribution in [3.05, 3.63) is 52.9 Å². The molecule has 1 aliphatic rings. The van der Waals surface area contributed by atoms with Crippen molar-refractivity contribution in [1.29, 1.82) is 0 Å². The molecule has 0 fully saturated rings. The topological polar surface area (TPSA) is 64.0 Å². The van der Waals surface area contributed by atoms with Gasteiger partial charge in [0.25, 0.3) is 0 Å². The van der Waals surface area contributed by atoms with Gasteiger partial charge >= 0.3 is 0 Å². The maximum Gasteiger partial charge on any atom is 0.215 e. The number of halogens is 2. The number of benzene rings is 1. The lowest BCUT2D eigenvalue weighted by molar-refractivity contribution is 0.536. The van der Waals surface area contributed by atoms with Crippen molar-refractivity contribution in [3.8, 4) is 0 Å². The van der Waals surface area contributed by atoms with Gasteiger partial charge in [-0.1, -0.05) is 0 Å². The molecular weight excluding hydrogens is 336 g/mol. The van der Waals surface area contributed by atoms with Gasteiger partial charge in [-0.15, -0.1) is 0 Å². The third-order valence-electron chi connectivity index (χ3n) is 4.14. The highest BCUT2D eigenvalue weighted by molar-refractivity contribution is 7.88. The number of fused-ring (bicyclic) bond motifs is 1. The van der Waals surface area contributed by atoms with Crippen LogP contribution in [0.5, 0.6) is 0 Å². The SMILES string of the molecule is O=S(=O)(Cc1cc(F)ccc1F)NCCn1ncc2c1CCCC2. The average Bonchev–Trinajstić information content (AvgIpc) is 2.94. The number of hydrogen-bond donors (Lipinski definition) is 1. The van der Waals surface area contributed by atoms with Crippen LogP contribution in [0.25, 0.3) is 0 Å². The molecule has 0 radical (unpaired) electrons. The summed E-state index contributed by atoms with van der Waals surface area (Å²) in [6, 6.07) is 2.79. The molecule has 1 aromatic carbocycles. The molecule has 3 rings (SSSR count). The first-order valence-corrected chi connectivity index (χ1v) is 9.55. The number of nitrogens with zero attached hydrogens (tertiary/aromatic N) is 2. The van der Waals surface area contributed by atoms with Crippen molar-refractivity contribution in [2.24, 2.45) is 0 Å². The molecule has 1 aromatic heterocycles. The Morgan fingerprint density at radius 1 is 1.21 bits per heavy atom. The second-order valence-corrected chi connectivity index (χ2v) is 7.74. The molecule has 2 aromatic rings. The standard InChI is InChI=1S/C16H19F2N3O2S/c17-14-5-6-15(18)13(9-14)11-24(22,23)20-7-8-21-16-4-2-1-3-12(16)10-19-21/h5-6,9-10,20H,1-4,7-8,11H2. The van der Waals surface area contributed by atoms with Crippen LogP contribution in [0, 0.1) is 11.6 Å². The van der Waals surface area contributed by atoms with Crippen molar-refractivity contribution in [2.45, 2.75) is 38.0 Å². The second kappa shape index (κ2) is 6.98. The number of sulfonamides is 1. The first-order chi connectivity index (χ1) is 11.4. The largest absolute Gasteiger partial charge is 0.268 e. The van der Waals surface area contributed by atoms with Crippen molar-refractivity contribution in [1.82, 2.24) is 14.5 Å². The Hall–Kier alpha value is -1.80. The number of hydrogen-bond acceptors (Lipinski definition) is 3. The van der Waals surface area contributed by atoms with Gasteiger partial charge in [0.05, 0.1) is 18.5 Å². The Bertz CT molecular complexity index is 834. The molecule has 0 saturated heterocycles. The predicted octanol–water partition coefficient (Wildman–Crippen LogP) is 2.16. The minimum absolute atomic E-state index is 0.160. The normalized spacial score (nSPS) is 14.6. The lowest BCUT2D eigenvalue weighted by Gasteiger charge is -2.14. The zero-order chi connectivity index (χ0) is 17.2. The van der Waals surface area contributed by atoms with Crippen LogP contribution < -0.4 is 4.72 Å². The van der Waals surface area contributed by atoms with E-state index in [0.29, 0.717) is 6.54 Å². The second-order valence-electron chi connectivity index (χ2n) is 5.94. The van der Waals surface area contributed by atoms with Gasteiger partial charge in [0, 0.05) is 17.8 Å². The summed E-state index contributed by atoms with van der Waals surface area (Å²) in [5.41, 5.74) is 2.21. The monoisotopic (exact) mass is 355 g/mol. The summed E-state index contributed by atoms with van der Waals surface area (Å²) in [5, 5.41) is 4.30. The van der Waals surface area contributed by atoms with Gasteiger partial charge in [0.1, 0.15) is 11.6 Å². The Morgan fingerprint density at radius 3 is 2.83 bits per heavy atom. The van der Waals surface area contributed by atoms with E-state index in [2.05, 4.69) is 9.82 Å². The highest BCUT2D eigenvalue weighted by atomic mass is 32.2. The van der Waals surface area contributed by atoms with E-state index in [1.165, 1.54) is 5.56 Å². The highest BCUT2D eigenvalue weighted by Crippen LogP contribution is 2.20. The first kappa shape index (κ1) is 17.0. The van der Waals surface area contributed by atoms with Gasteiger partial charge in [-0.3, -0.25) is 4.68 Å². The summed E-state index contributed by atoms with van der Waals surface area (Å²) in [4.78, 5) is 0. The van der Waals surface area contributed by atoms with E-state index in [-0.39, 0.29) is 12.1 Å². The van der Waals surface area contributed by atoms with Crippen LogP contribution in [0.3, 0.4) is 0 Å². The predicted molar refractivity (Wildman–Crippen MR) is 85.9 cm³/mol. The Morgan fingerprint density at radius 2 is 2.00 bits per heavy atom. The van der Waals surface area contributed by atoms with Crippen molar-refractivity contribution in [2.75, 3.05) is 6.54 Å². The molecule has 0 spiro atoms. The lowest BCUT2D eigenvalue weighted by atomic mass is 9.98. The van der Waals surface area contributed by atoms with Crippen molar-refractivity contribution >= 4 is 10.0 Å². The molecule has 0 aliphatic heterocycles. The molecule has 5 nitrogen and oxygen atoms in total. The van der Waals surface area contributed by atoms with E-state index in [4.69, 9.17) is 0 Å². The van der Waals surface area contributed by atoms with Crippen LogP contribution in [0.4, 0.5) is 8.78 Å². The third-order valence-corrected chi connectivity index (χ3v) is 5.48. The first-order valence-electron chi connectivity index (χ1n) is 7.89. The molecule has 1 aliphatic carbocycles. The highest BCUT2D eigenvalue weighted by Gasteiger charge is 2.17. The minimum atomic E-state index is -3.75. The molecule has 24 heavy (non-hydrogen) atoms. The maximum atomic E-state index is 13.6. The Labute approximate surface area is 139 Å². The van der Waals surface area contributed by atoms with Crippen LogP contribution in [0.2, 0.25) is 0 Å². The van der Waals surface area contributed by atoms with Crippen LogP contribution in [0.15, 0.2) is 24.4 Å². The van der Waals surface area contributed by atoms with E-state index < -0.39 is 27.4 Å². The lowest BCUT2D eigenvalue weighted by Crippen LogP contribution is -2.29. The van der Waals surface area contributed by atoms with Crippen LogP contribution in [-0.4, -0.2) is 24.7 Å². The fourth-order valence-electron chi connectivity index (χ4n) is 2.97. The minimum Gasteiger partial charge on any atom is -0.268 e. The summed E-state index contributed by atoms with van der Waals surface area (Å²) >= 11 is 0. The van der Waals surface area contributed by atoms with Crippen LogP contribution in [0.1, 0.15) is 29.7 Å². The molecule has 0 atom stereocenters. The molecule has 1 N–H and O–H groups in total. The summed E-state index contributed by atoms with van der Waals surface area (Å²) in [7, 11) is -3.75. The Kier molecular flexibility index (Phi) is 4.96. The fourth-order valence-corrected chi connectivity index (χ4v) is 4.10. The number of rotatable bonds is 6. The van der Waals surface area contributed by atoms with E-state index in [9.17, 15) is 17.2 Å². The van der Waals surface area contributed by atoms with Gasteiger partial charge < -0.3 is 0 Å². The van der Waals surface area contributed by atoms with E-state index in [0.717, 1.165) is 49.6 Å². The number of aromatic nitrogens is 2. The van der Waals surface area contributed by atoms with Crippen molar-refractivity contribution in [3.63, 3.8) is 0 Å². The van der Waals surface area contributed by atoms with Gasteiger partial charge in [-0.05, 0) is 49.4 Å². The van der Waals surface area contributed by atoms with Crippen LogP contribution in [-0.2, 0) is 35.2 Å². The van der Waals surface area contributed by atoms with Crippen LogP contribution >= 0.6 is 0 Å². The maximum absolute atomic E-state index is 13.6. The summed E-state index contributed by atoms with van der Waals surface area (Å²) in [6.45, 7) is 0.577. The molecule has 130 valence electrons. The van der Waals surface area contributed by atoms with Crippen molar-refractivity contribution < 1.29 is 17.2 Å². The smallest absolute Gasteiger partial charge is 0.215 e. The molecule has 8 heteroatoms. The van der Waals surface area contributed by atoms with Gasteiger partial charge in [0.15, 0.2) is 0 Å². The fraction of sp³-hybridized carbons (Fsp3) is 0.438. The zero-order valence-corrected chi connectivity index (χ0v) is 14.0. The quantitative estimate of drug-likeness (QED) is 0.864. The third kappa shape index (κ3) is 3.99. The molecule has 0 saturated carbocycles. The van der Waals surface area contributed by atoms with E-state index in [1.54, 1.807) is 0 Å². The van der Waals surface area contributed by atoms with Gasteiger partial charge in [0.2, 0.25) is 10.0 Å². The van der Waals surface area contributed by atoms with Gasteiger partial charge in [-0.2, -0.15) is 5.10 Å². The Balaban J connectivity index is 1.59. The number of nitrogens with one attached hydrogen (secondary N) is 1. The summed E-state index contributed by atoms with van der Waals surface area (Å²) < 4.78 is 55.0. The van der Waals surface area contributed by atoms with E-state index in [1.807, 2.05) is 10.9 Å². The average molecular weight is 355 g/mol. The zero-order valence-electron chi connectivity index (χ0n) is 13.1. The molecule has 0 amide bonds. The summed E-state index contributed by atoms with van der Waals surface area (Å²) in [6.07, 6.45) is 6.08. The molecule has 0 unspecified atom stereocenters. The van der Waals surface area contributed by atoms with Gasteiger partial charge in [-0.25, -0.2) is 21.9 Å².